The van der Waals surface area contributed by atoms with Gasteiger partial charge in [0.15, 0.2) is 0 Å². The Morgan fingerprint density at radius 3 is 3.00 bits per heavy atom. The van der Waals surface area contributed by atoms with Crippen LogP contribution in [0.3, 0.4) is 0 Å². The number of aromatic nitrogens is 1. The Morgan fingerprint density at radius 1 is 1.39 bits per heavy atom. The minimum Gasteiger partial charge on any atom is -0.288 e. The van der Waals surface area contributed by atoms with Crippen molar-refractivity contribution in [1.82, 2.24) is 4.98 Å². The Morgan fingerprint density at radius 2 is 2.28 bits per heavy atom. The van der Waals surface area contributed by atoms with E-state index >= 15 is 0 Å². The largest absolute Gasteiger partial charge is 0.288 e. The van der Waals surface area contributed by atoms with E-state index in [1.165, 1.54) is 16.2 Å². The summed E-state index contributed by atoms with van der Waals surface area (Å²) < 4.78 is 0. The third-order valence-corrected chi connectivity index (χ3v) is 5.27. The lowest BCUT2D eigenvalue weighted by molar-refractivity contribution is 0.104. The summed E-state index contributed by atoms with van der Waals surface area (Å²) in [5.41, 5.74) is 2.97. The number of ketones is 1. The lowest BCUT2D eigenvalue weighted by Crippen LogP contribution is -1.99. The summed E-state index contributed by atoms with van der Waals surface area (Å²) in [6.45, 7) is 1.93. The third-order valence-electron chi connectivity index (χ3n) is 3.03. The first-order chi connectivity index (χ1) is 8.74. The van der Waals surface area contributed by atoms with Gasteiger partial charge in [0.25, 0.3) is 0 Å². The van der Waals surface area contributed by atoms with E-state index in [1.807, 2.05) is 30.8 Å². The van der Waals surface area contributed by atoms with E-state index in [2.05, 4.69) is 11.1 Å². The molecule has 0 amide bonds. The Balaban J connectivity index is 1.92. The summed E-state index contributed by atoms with van der Waals surface area (Å²) in [6.07, 6.45) is 2.77. The minimum absolute atomic E-state index is 0.104. The third kappa shape index (κ3) is 2.22. The van der Waals surface area contributed by atoms with Crippen molar-refractivity contribution in [2.24, 2.45) is 0 Å². The number of pyridine rings is 1. The average molecular weight is 275 g/mol. The number of hydrogen-bond acceptors (Lipinski definition) is 4. The Labute approximate surface area is 114 Å². The van der Waals surface area contributed by atoms with E-state index < -0.39 is 0 Å². The lowest BCUT2D eigenvalue weighted by Gasteiger charge is -2.08. The van der Waals surface area contributed by atoms with Crippen molar-refractivity contribution in [3.05, 3.63) is 51.0 Å². The molecule has 92 valence electrons. The van der Waals surface area contributed by atoms with Gasteiger partial charge in [-0.3, -0.25) is 9.78 Å². The van der Waals surface area contributed by atoms with Crippen LogP contribution in [0.2, 0.25) is 0 Å². The van der Waals surface area contributed by atoms with Crippen LogP contribution in [0.25, 0.3) is 0 Å². The highest BCUT2D eigenvalue weighted by Crippen LogP contribution is 2.32. The molecule has 2 aromatic rings. The molecule has 0 spiro atoms. The normalized spacial score (nSPS) is 14.3. The molecule has 1 aliphatic heterocycles. The fourth-order valence-electron chi connectivity index (χ4n) is 2.00. The van der Waals surface area contributed by atoms with Gasteiger partial charge in [-0.05, 0) is 42.9 Å². The molecule has 18 heavy (non-hydrogen) atoms. The Hall–Kier alpha value is -1.13. The second-order valence-corrected chi connectivity index (χ2v) is 6.62. The Bertz CT molecular complexity index is 563. The van der Waals surface area contributed by atoms with E-state index in [0.717, 1.165) is 22.7 Å². The maximum atomic E-state index is 12.3. The van der Waals surface area contributed by atoms with Gasteiger partial charge in [-0.2, -0.15) is 11.8 Å². The van der Waals surface area contributed by atoms with Crippen LogP contribution in [-0.2, 0) is 12.2 Å². The van der Waals surface area contributed by atoms with Crippen LogP contribution in [0, 0.1) is 6.92 Å². The van der Waals surface area contributed by atoms with Crippen molar-refractivity contribution in [2.45, 2.75) is 19.1 Å². The monoisotopic (exact) mass is 275 g/mol. The molecule has 0 saturated carbocycles. The van der Waals surface area contributed by atoms with E-state index in [0.29, 0.717) is 5.56 Å². The second-order valence-electron chi connectivity index (χ2n) is 4.38. The van der Waals surface area contributed by atoms with Gasteiger partial charge < -0.3 is 0 Å². The van der Waals surface area contributed by atoms with Crippen molar-refractivity contribution >= 4 is 28.9 Å². The molecule has 4 heteroatoms. The molecule has 0 unspecified atom stereocenters. The van der Waals surface area contributed by atoms with Gasteiger partial charge >= 0.3 is 0 Å². The molecule has 1 aliphatic rings. The van der Waals surface area contributed by atoms with Crippen molar-refractivity contribution in [3.8, 4) is 0 Å². The molecule has 0 fully saturated rings. The van der Waals surface area contributed by atoms with Gasteiger partial charge in [0, 0.05) is 28.1 Å². The summed E-state index contributed by atoms with van der Waals surface area (Å²) in [4.78, 5) is 18.8. The number of hydrogen-bond donors (Lipinski definition) is 0. The first kappa shape index (κ1) is 11.9. The van der Waals surface area contributed by atoms with Crippen LogP contribution in [0.5, 0.6) is 0 Å². The molecule has 0 atom stereocenters. The van der Waals surface area contributed by atoms with Gasteiger partial charge in [-0.15, -0.1) is 11.3 Å². The summed E-state index contributed by atoms with van der Waals surface area (Å²) in [5.74, 6) is 2.32. The number of rotatable bonds is 2. The fraction of sp³-hybridized carbons (Fsp3) is 0.286. The van der Waals surface area contributed by atoms with Gasteiger partial charge in [0.1, 0.15) is 0 Å². The highest BCUT2D eigenvalue weighted by molar-refractivity contribution is 7.98. The van der Waals surface area contributed by atoms with Crippen LogP contribution in [0.15, 0.2) is 24.4 Å². The predicted molar refractivity (Wildman–Crippen MR) is 76.6 cm³/mol. The van der Waals surface area contributed by atoms with Gasteiger partial charge in [-0.1, -0.05) is 0 Å². The molecule has 3 heterocycles. The van der Waals surface area contributed by atoms with Crippen LogP contribution in [0.4, 0.5) is 0 Å². The van der Waals surface area contributed by atoms with Crippen molar-refractivity contribution < 1.29 is 4.79 Å². The van der Waals surface area contributed by atoms with Crippen LogP contribution < -0.4 is 0 Å². The lowest BCUT2D eigenvalue weighted by atomic mass is 10.1. The van der Waals surface area contributed by atoms with Crippen LogP contribution >= 0.6 is 23.1 Å². The quantitative estimate of drug-likeness (QED) is 0.786. The molecular weight excluding hydrogens is 262 g/mol. The average Bonchev–Trinajstić information content (AvgIpc) is 2.82. The van der Waals surface area contributed by atoms with Gasteiger partial charge in [0.2, 0.25) is 5.78 Å². The van der Waals surface area contributed by atoms with Crippen LogP contribution in [0.1, 0.15) is 31.4 Å². The number of thiophene rings is 1. The van der Waals surface area contributed by atoms with Gasteiger partial charge in [-0.25, -0.2) is 0 Å². The van der Waals surface area contributed by atoms with E-state index in [-0.39, 0.29) is 5.78 Å². The summed E-state index contributed by atoms with van der Waals surface area (Å²) in [5, 5.41) is 0. The number of carbonyl (C=O) groups is 1. The zero-order chi connectivity index (χ0) is 12.5. The van der Waals surface area contributed by atoms with E-state index in [4.69, 9.17) is 0 Å². The first-order valence-corrected chi connectivity index (χ1v) is 7.88. The summed E-state index contributed by atoms with van der Waals surface area (Å²) >= 11 is 3.60. The standard InChI is InChI=1S/C14H13NOS2/c1-9-2-3-10(7-15-9)14(16)13-6-11-8-17-5-4-12(11)18-13/h2-3,6-7H,4-5,8H2,1H3. The number of fused-ring (bicyclic) bond motifs is 1. The molecule has 2 aromatic heterocycles. The molecule has 2 nitrogen and oxygen atoms in total. The minimum atomic E-state index is 0.104. The van der Waals surface area contributed by atoms with Crippen molar-refractivity contribution in [2.75, 3.05) is 5.75 Å². The molecule has 0 radical (unpaired) electrons. The van der Waals surface area contributed by atoms with Crippen molar-refractivity contribution in [1.29, 1.82) is 0 Å². The molecule has 0 bridgehead atoms. The van der Waals surface area contributed by atoms with Gasteiger partial charge in [0.05, 0.1) is 4.88 Å². The molecule has 0 N–H and O–H groups in total. The Kier molecular flexibility index (Phi) is 3.22. The molecular formula is C14H13NOS2. The van der Waals surface area contributed by atoms with Crippen LogP contribution in [-0.4, -0.2) is 16.5 Å². The fourth-order valence-corrected chi connectivity index (χ4v) is 4.34. The van der Waals surface area contributed by atoms with E-state index in [1.54, 1.807) is 17.5 Å². The SMILES string of the molecule is Cc1ccc(C(=O)c2cc3c(s2)CCSC3)cn1. The second kappa shape index (κ2) is 4.86. The number of nitrogens with zero attached hydrogens (tertiary/aromatic N) is 1. The predicted octanol–water partition coefficient (Wildman–Crippen LogP) is 3.47. The maximum Gasteiger partial charge on any atom is 0.204 e. The number of thioether (sulfide) groups is 1. The summed E-state index contributed by atoms with van der Waals surface area (Å²) in [7, 11) is 0. The topological polar surface area (TPSA) is 30.0 Å². The highest BCUT2D eigenvalue weighted by Gasteiger charge is 2.18. The highest BCUT2D eigenvalue weighted by atomic mass is 32.2. The zero-order valence-corrected chi connectivity index (χ0v) is 11.7. The smallest absolute Gasteiger partial charge is 0.204 e. The van der Waals surface area contributed by atoms with E-state index in [9.17, 15) is 4.79 Å². The first-order valence-electron chi connectivity index (χ1n) is 5.91. The molecule has 3 rings (SSSR count). The molecule has 0 aliphatic carbocycles. The number of aryl methyl sites for hydroxylation is 2. The molecule has 0 saturated heterocycles. The summed E-state index contributed by atoms with van der Waals surface area (Å²) in [6, 6.07) is 5.81. The maximum absolute atomic E-state index is 12.3. The molecule has 0 aromatic carbocycles. The zero-order valence-electron chi connectivity index (χ0n) is 10.1. The number of carbonyl (C=O) groups excluding carboxylic acids is 1. The van der Waals surface area contributed by atoms with Crippen molar-refractivity contribution in [3.63, 3.8) is 0 Å².